The highest BCUT2D eigenvalue weighted by atomic mass is 35.5. The van der Waals surface area contributed by atoms with E-state index in [4.69, 9.17) is 20.8 Å². The van der Waals surface area contributed by atoms with Gasteiger partial charge in [-0.25, -0.2) is 0 Å². The van der Waals surface area contributed by atoms with E-state index >= 15 is 0 Å². The van der Waals surface area contributed by atoms with Crippen molar-refractivity contribution in [3.63, 3.8) is 0 Å². The lowest BCUT2D eigenvalue weighted by Crippen LogP contribution is -2.36. The van der Waals surface area contributed by atoms with Gasteiger partial charge in [-0.1, -0.05) is 23.7 Å². The zero-order valence-electron chi connectivity index (χ0n) is 15.3. The van der Waals surface area contributed by atoms with E-state index in [0.717, 1.165) is 37.6 Å². The van der Waals surface area contributed by atoms with Gasteiger partial charge in [-0.3, -0.25) is 10.1 Å². The van der Waals surface area contributed by atoms with Crippen molar-refractivity contribution in [2.45, 2.75) is 0 Å². The first-order valence-electron chi connectivity index (χ1n) is 8.99. The average molecular weight is 413 g/mol. The van der Waals surface area contributed by atoms with Gasteiger partial charge in [0.25, 0.3) is 11.6 Å². The molecule has 4 rings (SSSR count). The second-order valence-electron chi connectivity index (χ2n) is 6.40. The number of hydrogen-bond acceptors (Lipinski definition) is 7. The van der Waals surface area contributed by atoms with E-state index in [2.05, 4.69) is 15.1 Å². The van der Waals surface area contributed by atoms with Crippen LogP contribution >= 0.6 is 11.6 Å². The molecule has 0 amide bonds. The minimum atomic E-state index is -0.465. The molecule has 1 aliphatic rings. The predicted molar refractivity (Wildman–Crippen MR) is 110 cm³/mol. The Balaban J connectivity index is 1.48. The quantitative estimate of drug-likeness (QED) is 0.457. The molecule has 8 nitrogen and oxygen atoms in total. The van der Waals surface area contributed by atoms with Crippen LogP contribution in [0.15, 0.2) is 52.9 Å². The number of nitro groups is 1. The molecule has 0 unspecified atom stereocenters. The zero-order chi connectivity index (χ0) is 20.2. The summed E-state index contributed by atoms with van der Waals surface area (Å²) in [4.78, 5) is 12.6. The van der Waals surface area contributed by atoms with E-state index < -0.39 is 4.92 Å². The molecule has 2 aromatic carbocycles. The van der Waals surface area contributed by atoms with E-state index in [1.54, 1.807) is 18.2 Å². The Labute approximate surface area is 171 Å². The molecule has 3 aromatic rings. The summed E-state index contributed by atoms with van der Waals surface area (Å²) in [5, 5.41) is 19.0. The molecule has 2 heterocycles. The Morgan fingerprint density at radius 1 is 1.07 bits per heavy atom. The van der Waals surface area contributed by atoms with Crippen molar-refractivity contribution < 1.29 is 14.1 Å². The first-order chi connectivity index (χ1) is 14.1. The van der Waals surface area contributed by atoms with Crippen LogP contribution in [0, 0.1) is 10.1 Å². The molecule has 1 saturated heterocycles. The fourth-order valence-corrected chi connectivity index (χ4v) is 3.18. The molecule has 0 atom stereocenters. The van der Waals surface area contributed by atoms with Gasteiger partial charge in [0.2, 0.25) is 5.89 Å². The molecule has 0 bridgehead atoms. The number of rotatable bonds is 5. The molecule has 1 aromatic heterocycles. The summed E-state index contributed by atoms with van der Waals surface area (Å²) in [6.07, 6.45) is 1.75. The van der Waals surface area contributed by atoms with Crippen LogP contribution in [0.25, 0.3) is 22.6 Å². The maximum absolute atomic E-state index is 10.7. The van der Waals surface area contributed by atoms with Gasteiger partial charge >= 0.3 is 0 Å². The van der Waals surface area contributed by atoms with Gasteiger partial charge in [-0.05, 0) is 35.9 Å². The summed E-state index contributed by atoms with van der Waals surface area (Å²) < 4.78 is 11.0. The average Bonchev–Trinajstić information content (AvgIpc) is 3.25. The van der Waals surface area contributed by atoms with Gasteiger partial charge in [0.05, 0.1) is 18.1 Å². The Morgan fingerprint density at radius 2 is 1.76 bits per heavy atom. The summed E-state index contributed by atoms with van der Waals surface area (Å²) in [7, 11) is 0. The number of nitro benzene ring substituents is 1. The molecular weight excluding hydrogens is 396 g/mol. The van der Waals surface area contributed by atoms with Crippen LogP contribution in [0.1, 0.15) is 11.5 Å². The van der Waals surface area contributed by atoms with Crippen molar-refractivity contribution in [2.75, 3.05) is 31.2 Å². The lowest BCUT2D eigenvalue weighted by molar-refractivity contribution is -0.384. The van der Waals surface area contributed by atoms with Crippen molar-refractivity contribution in [1.29, 1.82) is 0 Å². The Hall–Kier alpha value is -3.23. The van der Waals surface area contributed by atoms with E-state index in [-0.39, 0.29) is 17.5 Å². The summed E-state index contributed by atoms with van der Waals surface area (Å²) in [6, 6.07) is 13.9. The fraction of sp³-hybridized carbons (Fsp3) is 0.200. The molecule has 0 radical (unpaired) electrons. The van der Waals surface area contributed by atoms with E-state index in [9.17, 15) is 10.1 Å². The molecule has 0 saturated carbocycles. The van der Waals surface area contributed by atoms with Crippen LogP contribution in [0.5, 0.6) is 0 Å². The molecule has 148 valence electrons. The topological polar surface area (TPSA) is 94.5 Å². The summed E-state index contributed by atoms with van der Waals surface area (Å²) in [5.74, 6) is 0.418. The number of ether oxygens (including phenoxy) is 1. The molecule has 0 N–H and O–H groups in total. The van der Waals surface area contributed by atoms with Gasteiger partial charge < -0.3 is 14.1 Å². The summed E-state index contributed by atoms with van der Waals surface area (Å²) in [5.41, 5.74) is 2.61. The highest BCUT2D eigenvalue weighted by Crippen LogP contribution is 2.27. The smallest absolute Gasteiger partial charge is 0.269 e. The number of morpholine rings is 1. The second kappa shape index (κ2) is 8.42. The van der Waals surface area contributed by atoms with Gasteiger partial charge in [0, 0.05) is 36.5 Å². The number of nitrogens with zero attached hydrogens (tertiary/aromatic N) is 4. The van der Waals surface area contributed by atoms with Crippen LogP contribution in [0.3, 0.4) is 0 Å². The van der Waals surface area contributed by atoms with Gasteiger partial charge in [0.15, 0.2) is 0 Å². The lowest BCUT2D eigenvalue weighted by Gasteiger charge is -2.28. The molecule has 1 fully saturated rings. The van der Waals surface area contributed by atoms with Crippen LogP contribution < -0.4 is 4.90 Å². The number of aromatic nitrogens is 2. The predicted octanol–water partition coefficient (Wildman–Crippen LogP) is 4.22. The van der Waals surface area contributed by atoms with Gasteiger partial charge in [-0.15, -0.1) is 10.2 Å². The maximum Gasteiger partial charge on any atom is 0.269 e. The standard InChI is InChI=1S/C20H17ClN4O4/c21-18(13-14-1-5-16(6-2-14)24-9-11-28-12-10-24)20-23-22-19(29-20)15-3-7-17(8-4-15)25(26)27/h1-8,13H,9-12H2/b18-13-. The van der Waals surface area contributed by atoms with Crippen molar-refractivity contribution in [2.24, 2.45) is 0 Å². The third kappa shape index (κ3) is 4.44. The Bertz CT molecular complexity index is 1030. The van der Waals surface area contributed by atoms with Crippen molar-refractivity contribution in [3.8, 4) is 11.5 Å². The Kier molecular flexibility index (Phi) is 5.55. The number of halogens is 1. The highest BCUT2D eigenvalue weighted by Gasteiger charge is 2.14. The highest BCUT2D eigenvalue weighted by molar-refractivity contribution is 6.50. The fourth-order valence-electron chi connectivity index (χ4n) is 2.97. The molecule has 0 aliphatic carbocycles. The Morgan fingerprint density at radius 3 is 2.41 bits per heavy atom. The normalized spacial score (nSPS) is 14.8. The molecule has 9 heteroatoms. The van der Waals surface area contributed by atoms with E-state index in [1.165, 1.54) is 12.1 Å². The minimum Gasteiger partial charge on any atom is -0.415 e. The minimum absolute atomic E-state index is 0.00746. The summed E-state index contributed by atoms with van der Waals surface area (Å²) in [6.45, 7) is 3.23. The van der Waals surface area contributed by atoms with E-state index in [0.29, 0.717) is 10.6 Å². The molecule has 1 aliphatic heterocycles. The molecular formula is C20H17ClN4O4. The van der Waals surface area contributed by atoms with Crippen LogP contribution in [0.2, 0.25) is 0 Å². The maximum atomic E-state index is 10.7. The first-order valence-corrected chi connectivity index (χ1v) is 9.36. The monoisotopic (exact) mass is 412 g/mol. The van der Waals surface area contributed by atoms with Crippen LogP contribution in [-0.2, 0) is 4.74 Å². The number of benzene rings is 2. The largest absolute Gasteiger partial charge is 0.415 e. The third-order valence-electron chi connectivity index (χ3n) is 4.52. The third-order valence-corrected chi connectivity index (χ3v) is 4.79. The number of anilines is 1. The summed E-state index contributed by atoms with van der Waals surface area (Å²) >= 11 is 6.35. The van der Waals surface area contributed by atoms with Crippen molar-refractivity contribution in [3.05, 3.63) is 70.1 Å². The van der Waals surface area contributed by atoms with Crippen LogP contribution in [0.4, 0.5) is 11.4 Å². The zero-order valence-corrected chi connectivity index (χ0v) is 16.1. The molecule has 29 heavy (non-hydrogen) atoms. The number of hydrogen-bond donors (Lipinski definition) is 0. The van der Waals surface area contributed by atoms with Crippen LogP contribution in [-0.4, -0.2) is 41.4 Å². The van der Waals surface area contributed by atoms with E-state index in [1.807, 2.05) is 24.3 Å². The van der Waals surface area contributed by atoms with Gasteiger partial charge in [0.1, 0.15) is 5.03 Å². The lowest BCUT2D eigenvalue weighted by atomic mass is 10.1. The number of non-ortho nitro benzene ring substituents is 1. The van der Waals surface area contributed by atoms with Crippen molar-refractivity contribution >= 4 is 34.1 Å². The SMILES string of the molecule is O=[N+]([O-])c1ccc(-c2nnc(/C(Cl)=C/c3ccc(N4CCOCC4)cc3)o2)cc1. The van der Waals surface area contributed by atoms with Gasteiger partial charge in [-0.2, -0.15) is 0 Å². The first kappa shape index (κ1) is 19.1. The second-order valence-corrected chi connectivity index (χ2v) is 6.81. The van der Waals surface area contributed by atoms with Crippen molar-refractivity contribution in [1.82, 2.24) is 10.2 Å². The molecule has 0 spiro atoms.